The average Bonchev–Trinajstić information content (AvgIpc) is 2.65. The van der Waals surface area contributed by atoms with Crippen molar-refractivity contribution in [3.8, 4) is 5.75 Å². The Kier molecular flexibility index (Phi) is 4.95. The van der Waals surface area contributed by atoms with Crippen molar-refractivity contribution < 1.29 is 9.53 Å². The van der Waals surface area contributed by atoms with E-state index in [1.54, 1.807) is 13.3 Å². The first kappa shape index (κ1) is 16.5. The number of ether oxygens (including phenoxy) is 1. The number of hydrogen-bond donors (Lipinski definition) is 1. The van der Waals surface area contributed by atoms with Gasteiger partial charge < -0.3 is 14.6 Å². The highest BCUT2D eigenvalue weighted by molar-refractivity contribution is 6.04. The quantitative estimate of drug-likeness (QED) is 0.780. The Labute approximate surface area is 145 Å². The molecule has 0 aliphatic rings. The van der Waals surface area contributed by atoms with Gasteiger partial charge in [-0.05, 0) is 35.9 Å². The zero-order chi connectivity index (χ0) is 17.6. The van der Waals surface area contributed by atoms with E-state index in [4.69, 9.17) is 4.74 Å². The molecular formula is C20H18N2O3. The monoisotopic (exact) mass is 334 g/mol. The molecule has 0 atom stereocenters. The highest BCUT2D eigenvalue weighted by Gasteiger charge is 2.08. The van der Waals surface area contributed by atoms with Gasteiger partial charge >= 0.3 is 0 Å². The third kappa shape index (κ3) is 4.14. The van der Waals surface area contributed by atoms with Crippen LogP contribution in [0.15, 0.2) is 77.7 Å². The summed E-state index contributed by atoms with van der Waals surface area (Å²) >= 11 is 0. The molecule has 1 heterocycles. The van der Waals surface area contributed by atoms with Crippen LogP contribution >= 0.6 is 0 Å². The van der Waals surface area contributed by atoms with Gasteiger partial charge in [-0.25, -0.2) is 0 Å². The van der Waals surface area contributed by atoms with Crippen molar-refractivity contribution >= 4 is 11.6 Å². The van der Waals surface area contributed by atoms with Crippen LogP contribution in [-0.2, 0) is 6.54 Å². The fraction of sp³-hybridized carbons (Fsp3) is 0.100. The van der Waals surface area contributed by atoms with Gasteiger partial charge in [-0.1, -0.05) is 30.3 Å². The number of anilines is 1. The minimum Gasteiger partial charge on any atom is -0.497 e. The number of nitrogens with zero attached hydrogens (tertiary/aromatic N) is 1. The predicted octanol–water partition coefficient (Wildman–Crippen LogP) is 3.16. The first-order valence-corrected chi connectivity index (χ1v) is 7.85. The van der Waals surface area contributed by atoms with Gasteiger partial charge in [-0.2, -0.15) is 0 Å². The SMILES string of the molecule is COc1ccc(Cn2cc(C(=O)Nc3ccccc3)ccc2=O)cc1. The minimum atomic E-state index is -0.255. The van der Waals surface area contributed by atoms with E-state index in [2.05, 4.69) is 5.32 Å². The molecule has 0 bridgehead atoms. The Morgan fingerprint density at radius 1 is 1.00 bits per heavy atom. The van der Waals surface area contributed by atoms with Crippen molar-refractivity contribution in [3.63, 3.8) is 0 Å². The molecule has 5 nitrogen and oxygen atoms in total. The number of hydrogen-bond acceptors (Lipinski definition) is 3. The van der Waals surface area contributed by atoms with Crippen LogP contribution in [0.1, 0.15) is 15.9 Å². The lowest BCUT2D eigenvalue weighted by atomic mass is 10.2. The zero-order valence-corrected chi connectivity index (χ0v) is 13.8. The lowest BCUT2D eigenvalue weighted by Crippen LogP contribution is -2.22. The third-order valence-electron chi connectivity index (χ3n) is 3.79. The van der Waals surface area contributed by atoms with Gasteiger partial charge in [0.25, 0.3) is 11.5 Å². The molecule has 0 fully saturated rings. The van der Waals surface area contributed by atoms with Gasteiger partial charge in [0.05, 0.1) is 19.2 Å². The maximum Gasteiger partial charge on any atom is 0.257 e. The Morgan fingerprint density at radius 3 is 2.40 bits per heavy atom. The fourth-order valence-electron chi connectivity index (χ4n) is 2.44. The average molecular weight is 334 g/mol. The first-order valence-electron chi connectivity index (χ1n) is 7.85. The topological polar surface area (TPSA) is 60.3 Å². The highest BCUT2D eigenvalue weighted by Crippen LogP contribution is 2.12. The van der Waals surface area contributed by atoms with Gasteiger partial charge in [0, 0.05) is 18.0 Å². The van der Waals surface area contributed by atoms with Crippen LogP contribution in [0.5, 0.6) is 5.75 Å². The van der Waals surface area contributed by atoms with Crippen molar-refractivity contribution in [2.45, 2.75) is 6.54 Å². The molecule has 2 aromatic carbocycles. The summed E-state index contributed by atoms with van der Waals surface area (Å²) in [5, 5.41) is 2.81. The molecule has 0 aliphatic heterocycles. The van der Waals surface area contributed by atoms with E-state index in [9.17, 15) is 9.59 Å². The normalized spacial score (nSPS) is 10.3. The molecule has 3 aromatic rings. The molecular weight excluding hydrogens is 316 g/mol. The van der Waals surface area contributed by atoms with E-state index < -0.39 is 0 Å². The predicted molar refractivity (Wildman–Crippen MR) is 97.2 cm³/mol. The summed E-state index contributed by atoms with van der Waals surface area (Å²) in [6.07, 6.45) is 1.57. The van der Waals surface area contributed by atoms with Crippen LogP contribution in [0.4, 0.5) is 5.69 Å². The Balaban J connectivity index is 1.79. The lowest BCUT2D eigenvalue weighted by molar-refractivity contribution is 0.102. The largest absolute Gasteiger partial charge is 0.497 e. The molecule has 1 N–H and O–H groups in total. The maximum atomic E-state index is 12.4. The van der Waals surface area contributed by atoms with Gasteiger partial charge in [-0.15, -0.1) is 0 Å². The molecule has 0 saturated heterocycles. The molecule has 0 spiro atoms. The summed E-state index contributed by atoms with van der Waals surface area (Å²) in [6, 6.07) is 19.6. The summed E-state index contributed by atoms with van der Waals surface area (Å²) < 4.78 is 6.64. The van der Waals surface area contributed by atoms with E-state index in [1.807, 2.05) is 54.6 Å². The van der Waals surface area contributed by atoms with Gasteiger partial charge in [0.15, 0.2) is 0 Å². The van der Waals surface area contributed by atoms with E-state index in [0.29, 0.717) is 17.8 Å². The van der Waals surface area contributed by atoms with Crippen molar-refractivity contribution in [1.82, 2.24) is 4.57 Å². The van der Waals surface area contributed by atoms with Crippen LogP contribution in [0, 0.1) is 0 Å². The number of nitrogens with one attached hydrogen (secondary N) is 1. The highest BCUT2D eigenvalue weighted by atomic mass is 16.5. The molecule has 5 heteroatoms. The zero-order valence-electron chi connectivity index (χ0n) is 13.8. The summed E-state index contributed by atoms with van der Waals surface area (Å²) in [5.41, 5.74) is 1.92. The molecule has 126 valence electrons. The second kappa shape index (κ2) is 7.49. The van der Waals surface area contributed by atoms with Crippen LogP contribution in [0.3, 0.4) is 0 Å². The summed E-state index contributed by atoms with van der Waals surface area (Å²) in [6.45, 7) is 0.384. The standard InChI is InChI=1S/C20H18N2O3/c1-25-18-10-7-15(8-11-18)13-22-14-16(9-12-19(22)23)20(24)21-17-5-3-2-4-6-17/h2-12,14H,13H2,1H3,(H,21,24). The molecule has 1 aromatic heterocycles. The van der Waals surface area contributed by atoms with Crippen molar-refractivity contribution in [1.29, 1.82) is 0 Å². The van der Waals surface area contributed by atoms with Crippen LogP contribution in [-0.4, -0.2) is 17.6 Å². The van der Waals surface area contributed by atoms with Crippen molar-refractivity contribution in [2.75, 3.05) is 12.4 Å². The third-order valence-corrected chi connectivity index (χ3v) is 3.79. The number of para-hydroxylation sites is 1. The van der Waals surface area contributed by atoms with E-state index in [-0.39, 0.29) is 11.5 Å². The van der Waals surface area contributed by atoms with Crippen LogP contribution in [0.2, 0.25) is 0 Å². The maximum absolute atomic E-state index is 12.4. The number of aromatic nitrogens is 1. The van der Waals surface area contributed by atoms with E-state index >= 15 is 0 Å². The number of rotatable bonds is 5. The fourth-order valence-corrected chi connectivity index (χ4v) is 2.44. The molecule has 3 rings (SSSR count). The smallest absolute Gasteiger partial charge is 0.257 e. The molecule has 0 aliphatic carbocycles. The second-order valence-electron chi connectivity index (χ2n) is 5.55. The van der Waals surface area contributed by atoms with Crippen molar-refractivity contribution in [2.24, 2.45) is 0 Å². The van der Waals surface area contributed by atoms with E-state index in [1.165, 1.54) is 16.7 Å². The number of amides is 1. The number of methoxy groups -OCH3 is 1. The summed E-state index contributed by atoms with van der Waals surface area (Å²) in [4.78, 5) is 24.5. The van der Waals surface area contributed by atoms with Crippen LogP contribution < -0.4 is 15.6 Å². The molecule has 1 amide bonds. The number of benzene rings is 2. The summed E-state index contributed by atoms with van der Waals surface area (Å²) in [7, 11) is 1.61. The van der Waals surface area contributed by atoms with Crippen molar-refractivity contribution in [3.05, 3.63) is 94.4 Å². The minimum absolute atomic E-state index is 0.160. The van der Waals surface area contributed by atoms with Gasteiger partial charge in [-0.3, -0.25) is 9.59 Å². The molecule has 0 saturated carbocycles. The molecule has 0 unspecified atom stereocenters. The number of carbonyl (C=O) groups is 1. The second-order valence-corrected chi connectivity index (χ2v) is 5.55. The number of pyridine rings is 1. The lowest BCUT2D eigenvalue weighted by Gasteiger charge is -2.10. The molecule has 0 radical (unpaired) electrons. The van der Waals surface area contributed by atoms with Gasteiger partial charge in [0.2, 0.25) is 0 Å². The Bertz CT molecular complexity index is 916. The Hall–Kier alpha value is -3.34. The first-order chi connectivity index (χ1) is 12.2. The summed E-state index contributed by atoms with van der Waals surface area (Å²) in [5.74, 6) is 0.502. The van der Waals surface area contributed by atoms with Crippen LogP contribution in [0.25, 0.3) is 0 Å². The van der Waals surface area contributed by atoms with E-state index in [0.717, 1.165) is 11.3 Å². The number of carbonyl (C=O) groups excluding carboxylic acids is 1. The Morgan fingerprint density at radius 2 is 1.72 bits per heavy atom. The van der Waals surface area contributed by atoms with Gasteiger partial charge in [0.1, 0.15) is 5.75 Å². The molecule has 25 heavy (non-hydrogen) atoms.